The molecule has 0 radical (unpaired) electrons. The molecule has 6 nitrogen and oxygen atoms in total. The molecule has 1 aliphatic carbocycles. The molecule has 0 aliphatic heterocycles. The third-order valence-corrected chi connectivity index (χ3v) is 5.55. The molecule has 2 heterocycles. The normalized spacial score (nSPS) is 13.6. The molecule has 0 unspecified atom stereocenters. The number of nitriles is 1. The first-order valence-corrected chi connectivity index (χ1v) is 10.4. The van der Waals surface area contributed by atoms with Gasteiger partial charge in [0, 0.05) is 31.6 Å². The van der Waals surface area contributed by atoms with Crippen LogP contribution >= 0.6 is 0 Å². The molecule has 1 aromatic carbocycles. The second-order valence-corrected chi connectivity index (χ2v) is 7.75. The molecule has 0 amide bonds. The fourth-order valence-electron chi connectivity index (χ4n) is 3.56. The average molecular weight is 402 g/mol. The van der Waals surface area contributed by atoms with Crippen LogP contribution in [0.2, 0.25) is 0 Å². The van der Waals surface area contributed by atoms with Crippen LogP contribution in [0, 0.1) is 17.2 Å². The number of ether oxygens (including phenoxy) is 2. The van der Waals surface area contributed by atoms with Gasteiger partial charge in [-0.05, 0) is 59.7 Å². The summed E-state index contributed by atoms with van der Waals surface area (Å²) in [5.41, 5.74) is 4.66. The van der Waals surface area contributed by atoms with Crippen LogP contribution in [-0.4, -0.2) is 35.1 Å². The van der Waals surface area contributed by atoms with Gasteiger partial charge < -0.3 is 9.47 Å². The van der Waals surface area contributed by atoms with E-state index >= 15 is 0 Å². The van der Waals surface area contributed by atoms with E-state index in [1.807, 2.05) is 47.5 Å². The van der Waals surface area contributed by atoms with Crippen LogP contribution in [0.4, 0.5) is 0 Å². The average Bonchev–Trinajstić information content (AvgIpc) is 3.18. The Balaban J connectivity index is 1.47. The van der Waals surface area contributed by atoms with Crippen molar-refractivity contribution in [1.82, 2.24) is 14.8 Å². The molecular formula is C24H26N4O2. The minimum absolute atomic E-state index is 0.574. The molecule has 0 atom stereocenters. The second-order valence-electron chi connectivity index (χ2n) is 7.75. The Bertz CT molecular complexity index is 1030. The second kappa shape index (κ2) is 9.55. The van der Waals surface area contributed by atoms with Crippen molar-refractivity contribution >= 4 is 0 Å². The number of rotatable bonds is 9. The molecule has 4 rings (SSSR count). The van der Waals surface area contributed by atoms with Gasteiger partial charge in [0.05, 0.1) is 31.5 Å². The van der Waals surface area contributed by atoms with E-state index in [9.17, 15) is 5.26 Å². The Labute approximate surface area is 177 Å². The number of aromatic nitrogens is 3. The summed E-state index contributed by atoms with van der Waals surface area (Å²) < 4.78 is 12.9. The summed E-state index contributed by atoms with van der Waals surface area (Å²) in [6.45, 7) is 2.07. The van der Waals surface area contributed by atoms with Gasteiger partial charge in [-0.25, -0.2) is 0 Å². The number of methoxy groups -OCH3 is 1. The largest absolute Gasteiger partial charge is 0.492 e. The third-order valence-electron chi connectivity index (χ3n) is 5.55. The van der Waals surface area contributed by atoms with Crippen LogP contribution in [0.5, 0.6) is 5.75 Å². The Hall–Kier alpha value is -3.17. The number of hydrogen-bond acceptors (Lipinski definition) is 5. The van der Waals surface area contributed by atoms with E-state index in [0.29, 0.717) is 36.9 Å². The van der Waals surface area contributed by atoms with Gasteiger partial charge in [-0.1, -0.05) is 12.5 Å². The van der Waals surface area contributed by atoms with Gasteiger partial charge >= 0.3 is 0 Å². The fraction of sp³-hybridized carbons (Fsp3) is 0.375. The highest BCUT2D eigenvalue weighted by Crippen LogP contribution is 2.30. The van der Waals surface area contributed by atoms with Crippen LogP contribution in [0.3, 0.4) is 0 Å². The summed E-state index contributed by atoms with van der Waals surface area (Å²) in [6.07, 6.45) is 10.1. The molecular weight excluding hydrogens is 376 g/mol. The highest BCUT2D eigenvalue weighted by atomic mass is 16.5. The monoisotopic (exact) mass is 402 g/mol. The first kappa shape index (κ1) is 20.1. The summed E-state index contributed by atoms with van der Waals surface area (Å²) in [5.74, 6) is 1.31. The minimum Gasteiger partial charge on any atom is -0.492 e. The summed E-state index contributed by atoms with van der Waals surface area (Å²) in [6, 6.07) is 12.1. The van der Waals surface area contributed by atoms with Crippen LogP contribution < -0.4 is 4.74 Å². The minimum atomic E-state index is 0.574. The Morgan fingerprint density at radius 2 is 2.07 bits per heavy atom. The van der Waals surface area contributed by atoms with E-state index < -0.39 is 0 Å². The van der Waals surface area contributed by atoms with Crippen molar-refractivity contribution in [3.63, 3.8) is 0 Å². The number of benzene rings is 1. The van der Waals surface area contributed by atoms with E-state index in [0.717, 1.165) is 28.9 Å². The Morgan fingerprint density at radius 3 is 2.83 bits per heavy atom. The smallest absolute Gasteiger partial charge is 0.137 e. The molecule has 3 aromatic rings. The van der Waals surface area contributed by atoms with Crippen molar-refractivity contribution < 1.29 is 9.47 Å². The van der Waals surface area contributed by atoms with Gasteiger partial charge in [0.25, 0.3) is 0 Å². The Kier molecular flexibility index (Phi) is 6.41. The summed E-state index contributed by atoms with van der Waals surface area (Å²) >= 11 is 0. The first-order chi connectivity index (χ1) is 14.7. The van der Waals surface area contributed by atoms with Gasteiger partial charge in [-0.3, -0.25) is 9.67 Å². The van der Waals surface area contributed by atoms with Crippen molar-refractivity contribution in [2.75, 3.05) is 20.3 Å². The molecule has 0 bridgehead atoms. The van der Waals surface area contributed by atoms with Gasteiger partial charge in [0.15, 0.2) is 0 Å². The zero-order valence-electron chi connectivity index (χ0n) is 17.3. The molecule has 154 valence electrons. The Morgan fingerprint density at radius 1 is 1.20 bits per heavy atom. The van der Waals surface area contributed by atoms with E-state index in [1.165, 1.54) is 19.3 Å². The molecule has 1 fully saturated rings. The zero-order chi connectivity index (χ0) is 20.8. The maximum Gasteiger partial charge on any atom is 0.137 e. The van der Waals surface area contributed by atoms with Gasteiger partial charge in [0.1, 0.15) is 11.8 Å². The number of pyridine rings is 1. The molecule has 0 spiro atoms. The topological polar surface area (TPSA) is 73.0 Å². The zero-order valence-corrected chi connectivity index (χ0v) is 17.3. The van der Waals surface area contributed by atoms with Crippen molar-refractivity contribution in [3.8, 4) is 22.9 Å². The van der Waals surface area contributed by atoms with Crippen molar-refractivity contribution in [2.45, 2.75) is 32.2 Å². The molecule has 1 aliphatic rings. The standard InChI is InChI=1S/C24H26N4O2/c1-29-10-9-28-16-19(15-27-28)11-23-13-21(7-8-26-23)20-5-6-24(22(12-20)14-25)30-17-18-3-2-4-18/h5-8,12-13,15-16,18H,2-4,9-11,17H2,1H3. The quantitative estimate of drug-likeness (QED) is 0.535. The van der Waals surface area contributed by atoms with Crippen LogP contribution in [-0.2, 0) is 17.7 Å². The maximum absolute atomic E-state index is 9.58. The predicted molar refractivity (Wildman–Crippen MR) is 114 cm³/mol. The molecule has 30 heavy (non-hydrogen) atoms. The summed E-state index contributed by atoms with van der Waals surface area (Å²) in [7, 11) is 1.69. The van der Waals surface area contributed by atoms with E-state index in [2.05, 4.69) is 22.2 Å². The lowest BCUT2D eigenvalue weighted by atomic mass is 9.86. The SMILES string of the molecule is COCCn1cc(Cc2cc(-c3ccc(OCC4CCC4)c(C#N)c3)ccn2)cn1. The summed E-state index contributed by atoms with van der Waals surface area (Å²) in [4.78, 5) is 4.50. The molecule has 0 N–H and O–H groups in total. The predicted octanol–water partition coefficient (Wildman–Crippen LogP) is 4.23. The van der Waals surface area contributed by atoms with Crippen LogP contribution in [0.1, 0.15) is 36.1 Å². The van der Waals surface area contributed by atoms with Crippen LogP contribution in [0.15, 0.2) is 48.9 Å². The molecule has 2 aromatic heterocycles. The van der Waals surface area contributed by atoms with E-state index in [4.69, 9.17) is 9.47 Å². The number of hydrogen-bond donors (Lipinski definition) is 0. The summed E-state index contributed by atoms with van der Waals surface area (Å²) in [5, 5.41) is 13.9. The lowest BCUT2D eigenvalue weighted by Gasteiger charge is -2.25. The number of nitrogens with zero attached hydrogens (tertiary/aromatic N) is 4. The highest BCUT2D eigenvalue weighted by molar-refractivity contribution is 5.67. The lowest BCUT2D eigenvalue weighted by Crippen LogP contribution is -2.19. The van der Waals surface area contributed by atoms with Crippen LogP contribution in [0.25, 0.3) is 11.1 Å². The fourth-order valence-corrected chi connectivity index (χ4v) is 3.56. The molecule has 1 saturated carbocycles. The first-order valence-electron chi connectivity index (χ1n) is 10.4. The lowest BCUT2D eigenvalue weighted by molar-refractivity contribution is 0.180. The molecule has 0 saturated heterocycles. The van der Waals surface area contributed by atoms with Gasteiger partial charge in [0.2, 0.25) is 0 Å². The van der Waals surface area contributed by atoms with Crippen molar-refractivity contribution in [1.29, 1.82) is 5.26 Å². The highest BCUT2D eigenvalue weighted by Gasteiger charge is 2.18. The van der Waals surface area contributed by atoms with Crippen molar-refractivity contribution in [2.24, 2.45) is 5.92 Å². The van der Waals surface area contributed by atoms with Gasteiger partial charge in [-0.15, -0.1) is 0 Å². The molecule has 6 heteroatoms. The van der Waals surface area contributed by atoms with E-state index in [1.54, 1.807) is 7.11 Å². The maximum atomic E-state index is 9.58. The van der Waals surface area contributed by atoms with Gasteiger partial charge in [-0.2, -0.15) is 10.4 Å². The van der Waals surface area contributed by atoms with Crippen molar-refractivity contribution in [3.05, 3.63) is 65.7 Å². The third kappa shape index (κ3) is 4.87. The van der Waals surface area contributed by atoms with E-state index in [-0.39, 0.29) is 0 Å².